The summed E-state index contributed by atoms with van der Waals surface area (Å²) in [5, 5.41) is 0.847. The zero-order chi connectivity index (χ0) is 19.4. The number of aromatic nitrogens is 1. The smallest absolute Gasteiger partial charge is 0.307 e. The Morgan fingerprint density at radius 3 is 2.85 bits per heavy atom. The molecule has 1 aromatic heterocycles. The Labute approximate surface area is 165 Å². The Hall–Kier alpha value is -2.51. The van der Waals surface area contributed by atoms with E-state index in [1.54, 1.807) is 24.3 Å². The summed E-state index contributed by atoms with van der Waals surface area (Å²) in [6.45, 7) is 0.238. The molecule has 0 atom stereocenters. The van der Waals surface area contributed by atoms with Gasteiger partial charge in [0, 0.05) is 18.8 Å². The fraction of sp³-hybridized carbons (Fsp3) is 0.278. The van der Waals surface area contributed by atoms with Gasteiger partial charge in [-0.2, -0.15) is 0 Å². The van der Waals surface area contributed by atoms with Crippen LogP contribution in [0.4, 0.5) is 5.69 Å². The van der Waals surface area contributed by atoms with Crippen LogP contribution in [0.5, 0.6) is 11.5 Å². The molecule has 0 spiro atoms. The molecule has 0 radical (unpaired) electrons. The third-order valence-corrected chi connectivity index (χ3v) is 4.41. The number of benzene rings is 1. The molecular formula is C18H16Cl2N2O5. The van der Waals surface area contributed by atoms with Crippen molar-refractivity contribution >= 4 is 40.8 Å². The standard InChI is InChI=1S/C18H16Cl2N2O5/c1-25-18(24)4-5-22-14-6-13(20)15(7-16(14)27-10-17(22)23)26-9-12-3-2-11(19)8-21-12/h2-3,6-8H,4-5,9-10H2,1H3. The second-order valence-electron chi connectivity index (χ2n) is 5.67. The third kappa shape index (κ3) is 4.61. The number of nitrogens with zero attached hydrogens (tertiary/aromatic N) is 2. The van der Waals surface area contributed by atoms with Crippen molar-refractivity contribution in [3.63, 3.8) is 0 Å². The normalized spacial score (nSPS) is 13.0. The first kappa shape index (κ1) is 19.3. The Morgan fingerprint density at radius 2 is 2.15 bits per heavy atom. The molecule has 0 saturated carbocycles. The molecule has 0 bridgehead atoms. The molecule has 1 aliphatic rings. The van der Waals surface area contributed by atoms with E-state index in [0.717, 1.165) is 0 Å². The summed E-state index contributed by atoms with van der Waals surface area (Å²) < 4.78 is 15.8. The quantitative estimate of drug-likeness (QED) is 0.680. The molecule has 0 N–H and O–H groups in total. The number of rotatable bonds is 6. The zero-order valence-electron chi connectivity index (χ0n) is 14.4. The van der Waals surface area contributed by atoms with Gasteiger partial charge in [0.1, 0.15) is 18.1 Å². The van der Waals surface area contributed by atoms with Gasteiger partial charge < -0.3 is 19.1 Å². The summed E-state index contributed by atoms with van der Waals surface area (Å²) in [5.74, 6) is 0.177. The summed E-state index contributed by atoms with van der Waals surface area (Å²) in [5.41, 5.74) is 1.17. The predicted octanol–water partition coefficient (Wildman–Crippen LogP) is 3.26. The summed E-state index contributed by atoms with van der Waals surface area (Å²) in [6.07, 6.45) is 1.60. The Kier molecular flexibility index (Phi) is 6.03. The minimum atomic E-state index is -0.405. The highest BCUT2D eigenvalue weighted by molar-refractivity contribution is 6.32. The summed E-state index contributed by atoms with van der Waals surface area (Å²) in [4.78, 5) is 29.1. The van der Waals surface area contributed by atoms with Crippen LogP contribution in [0.25, 0.3) is 0 Å². The molecule has 1 aromatic carbocycles. The molecule has 2 aromatic rings. The number of amides is 1. The molecule has 0 saturated heterocycles. The van der Waals surface area contributed by atoms with Crippen molar-refractivity contribution < 1.29 is 23.8 Å². The lowest BCUT2D eigenvalue weighted by atomic mass is 10.2. The molecule has 142 valence electrons. The third-order valence-electron chi connectivity index (χ3n) is 3.89. The van der Waals surface area contributed by atoms with Crippen LogP contribution in [0, 0.1) is 0 Å². The number of ether oxygens (including phenoxy) is 3. The van der Waals surface area contributed by atoms with Crippen LogP contribution >= 0.6 is 23.2 Å². The summed E-state index contributed by atoms with van der Waals surface area (Å²) >= 11 is 12.1. The van der Waals surface area contributed by atoms with Crippen LogP contribution in [-0.2, 0) is 20.9 Å². The van der Waals surface area contributed by atoms with Crippen molar-refractivity contribution in [1.82, 2.24) is 4.98 Å². The number of halogens is 2. The van der Waals surface area contributed by atoms with Crippen LogP contribution in [0.3, 0.4) is 0 Å². The van der Waals surface area contributed by atoms with E-state index in [-0.39, 0.29) is 32.1 Å². The predicted molar refractivity (Wildman–Crippen MR) is 99.5 cm³/mol. The number of hydrogen-bond donors (Lipinski definition) is 0. The molecular weight excluding hydrogens is 395 g/mol. The highest BCUT2D eigenvalue weighted by atomic mass is 35.5. The van der Waals surface area contributed by atoms with Gasteiger partial charge in [0.25, 0.3) is 5.91 Å². The van der Waals surface area contributed by atoms with E-state index >= 15 is 0 Å². The second-order valence-corrected chi connectivity index (χ2v) is 6.51. The van der Waals surface area contributed by atoms with Crippen LogP contribution < -0.4 is 14.4 Å². The highest BCUT2D eigenvalue weighted by Gasteiger charge is 2.27. The maximum atomic E-state index is 12.1. The molecule has 1 amide bonds. The lowest BCUT2D eigenvalue weighted by Gasteiger charge is -2.29. The van der Waals surface area contributed by atoms with Crippen molar-refractivity contribution in [3.05, 3.63) is 46.2 Å². The molecule has 7 nitrogen and oxygen atoms in total. The van der Waals surface area contributed by atoms with Crippen molar-refractivity contribution in [2.75, 3.05) is 25.2 Å². The van der Waals surface area contributed by atoms with Gasteiger partial charge in [-0.1, -0.05) is 23.2 Å². The van der Waals surface area contributed by atoms with Crippen LogP contribution in [0.15, 0.2) is 30.5 Å². The topological polar surface area (TPSA) is 78.0 Å². The molecule has 2 heterocycles. The van der Waals surface area contributed by atoms with E-state index in [0.29, 0.717) is 32.9 Å². The molecule has 0 aliphatic carbocycles. The number of esters is 1. The van der Waals surface area contributed by atoms with E-state index in [4.69, 9.17) is 32.7 Å². The Bertz CT molecular complexity index is 858. The maximum Gasteiger partial charge on any atom is 0.307 e. The van der Waals surface area contributed by atoms with E-state index in [1.807, 2.05) is 0 Å². The second kappa shape index (κ2) is 8.45. The number of carbonyl (C=O) groups excluding carboxylic acids is 2. The lowest BCUT2D eigenvalue weighted by molar-refractivity contribution is -0.140. The van der Waals surface area contributed by atoms with Crippen molar-refractivity contribution in [2.45, 2.75) is 13.0 Å². The van der Waals surface area contributed by atoms with E-state index in [2.05, 4.69) is 9.72 Å². The number of anilines is 1. The van der Waals surface area contributed by atoms with Crippen LogP contribution in [-0.4, -0.2) is 37.1 Å². The number of hydrogen-bond acceptors (Lipinski definition) is 6. The van der Waals surface area contributed by atoms with Gasteiger partial charge in [-0.15, -0.1) is 0 Å². The lowest BCUT2D eigenvalue weighted by Crippen LogP contribution is -2.40. The van der Waals surface area contributed by atoms with Crippen molar-refractivity contribution in [2.24, 2.45) is 0 Å². The summed E-state index contributed by atoms with van der Waals surface area (Å²) in [7, 11) is 1.30. The van der Waals surface area contributed by atoms with E-state index in [1.165, 1.54) is 18.2 Å². The van der Waals surface area contributed by atoms with Gasteiger partial charge in [0.15, 0.2) is 6.61 Å². The van der Waals surface area contributed by atoms with Gasteiger partial charge in [-0.05, 0) is 18.2 Å². The zero-order valence-corrected chi connectivity index (χ0v) is 15.9. The summed E-state index contributed by atoms with van der Waals surface area (Å²) in [6, 6.07) is 6.66. The average molecular weight is 411 g/mol. The Balaban J connectivity index is 1.77. The molecule has 1 aliphatic heterocycles. The van der Waals surface area contributed by atoms with Crippen LogP contribution in [0.2, 0.25) is 10.0 Å². The van der Waals surface area contributed by atoms with Gasteiger partial charge in [-0.3, -0.25) is 14.6 Å². The highest BCUT2D eigenvalue weighted by Crippen LogP contribution is 2.40. The molecule has 0 fully saturated rings. The van der Waals surface area contributed by atoms with Gasteiger partial charge in [-0.25, -0.2) is 0 Å². The van der Waals surface area contributed by atoms with E-state index in [9.17, 15) is 9.59 Å². The van der Waals surface area contributed by atoms with Gasteiger partial charge >= 0.3 is 5.97 Å². The Morgan fingerprint density at radius 1 is 1.33 bits per heavy atom. The average Bonchev–Trinajstić information content (AvgIpc) is 2.67. The minimum absolute atomic E-state index is 0.0692. The largest absolute Gasteiger partial charge is 0.486 e. The number of pyridine rings is 1. The number of methoxy groups -OCH3 is 1. The van der Waals surface area contributed by atoms with E-state index < -0.39 is 5.97 Å². The SMILES string of the molecule is COC(=O)CCN1C(=O)COc2cc(OCc3ccc(Cl)cn3)c(Cl)cc21. The molecule has 27 heavy (non-hydrogen) atoms. The fourth-order valence-electron chi connectivity index (χ4n) is 2.51. The molecule has 9 heteroatoms. The van der Waals surface area contributed by atoms with Crippen molar-refractivity contribution in [1.29, 1.82) is 0 Å². The number of fused-ring (bicyclic) bond motifs is 1. The van der Waals surface area contributed by atoms with Crippen LogP contribution in [0.1, 0.15) is 12.1 Å². The monoisotopic (exact) mass is 410 g/mol. The first-order valence-corrected chi connectivity index (χ1v) is 8.80. The molecule has 0 unspecified atom stereocenters. The maximum absolute atomic E-state index is 12.1. The first-order valence-electron chi connectivity index (χ1n) is 8.04. The molecule has 3 rings (SSSR count). The first-order chi connectivity index (χ1) is 13.0. The van der Waals surface area contributed by atoms with Gasteiger partial charge in [0.2, 0.25) is 0 Å². The van der Waals surface area contributed by atoms with Gasteiger partial charge in [0.05, 0.1) is 35.0 Å². The minimum Gasteiger partial charge on any atom is -0.486 e. The number of carbonyl (C=O) groups is 2. The van der Waals surface area contributed by atoms with Crippen molar-refractivity contribution in [3.8, 4) is 11.5 Å². The fourth-order valence-corrected chi connectivity index (χ4v) is 2.83.